The lowest BCUT2D eigenvalue weighted by atomic mass is 10.2. The number of esters is 1. The number of benzene rings is 1. The molecule has 0 atom stereocenters. The van der Waals surface area contributed by atoms with Gasteiger partial charge in [-0.05, 0) is 18.2 Å². The summed E-state index contributed by atoms with van der Waals surface area (Å²) in [5, 5.41) is 3.04. The Kier molecular flexibility index (Phi) is 6.54. The maximum Gasteiger partial charge on any atom is 0.308 e. The summed E-state index contributed by atoms with van der Waals surface area (Å²) in [6.07, 6.45) is 0. The fraction of sp³-hybridized carbons (Fsp3) is 0.421. The number of amides is 1. The number of rotatable bonds is 6. The quantitative estimate of drug-likeness (QED) is 0.557. The van der Waals surface area contributed by atoms with Crippen molar-refractivity contribution in [2.45, 2.75) is 20.0 Å². The van der Waals surface area contributed by atoms with Gasteiger partial charge in [0.05, 0.1) is 32.0 Å². The van der Waals surface area contributed by atoms with Crippen LogP contribution < -0.4 is 4.74 Å². The van der Waals surface area contributed by atoms with Crippen molar-refractivity contribution < 1.29 is 19.1 Å². The molecule has 0 spiro atoms. The summed E-state index contributed by atoms with van der Waals surface area (Å²) in [5.74, 6) is -0.196. The van der Waals surface area contributed by atoms with E-state index < -0.39 is 5.97 Å². The summed E-state index contributed by atoms with van der Waals surface area (Å²) in [5.41, 5.74) is 1.34. The summed E-state index contributed by atoms with van der Waals surface area (Å²) >= 11 is 1.61. The van der Waals surface area contributed by atoms with Gasteiger partial charge in [-0.25, -0.2) is 4.98 Å². The lowest BCUT2D eigenvalue weighted by molar-refractivity contribution is -0.131. The standard InChI is InChI=1S/C19H23N3O4S/c1-14(23)26-17-5-3-4-15(10-17)19(24)21(2)11-16-13-27-18(20-16)12-22-6-8-25-9-7-22/h3-5,10,13H,6-9,11-12H2,1-2H3. The van der Waals surface area contributed by atoms with Crippen LogP contribution in [0.25, 0.3) is 0 Å². The van der Waals surface area contributed by atoms with Crippen LogP contribution in [0.5, 0.6) is 5.75 Å². The van der Waals surface area contributed by atoms with Gasteiger partial charge < -0.3 is 14.4 Å². The lowest BCUT2D eigenvalue weighted by Gasteiger charge is -2.25. The molecule has 0 bridgehead atoms. The maximum absolute atomic E-state index is 12.6. The van der Waals surface area contributed by atoms with Crippen LogP contribution in [0, 0.1) is 0 Å². The molecule has 1 saturated heterocycles. The molecule has 8 heteroatoms. The molecule has 0 saturated carbocycles. The first kappa shape index (κ1) is 19.5. The van der Waals surface area contributed by atoms with Crippen LogP contribution in [0.15, 0.2) is 29.6 Å². The molecule has 27 heavy (non-hydrogen) atoms. The van der Waals surface area contributed by atoms with Gasteiger partial charge in [0.2, 0.25) is 0 Å². The smallest absolute Gasteiger partial charge is 0.308 e. The molecular weight excluding hydrogens is 366 g/mol. The van der Waals surface area contributed by atoms with Gasteiger partial charge in [0.25, 0.3) is 5.91 Å². The number of hydrogen-bond donors (Lipinski definition) is 0. The Morgan fingerprint density at radius 1 is 1.33 bits per heavy atom. The second kappa shape index (κ2) is 9.07. The van der Waals surface area contributed by atoms with Gasteiger partial charge >= 0.3 is 5.97 Å². The van der Waals surface area contributed by atoms with Crippen molar-refractivity contribution in [2.24, 2.45) is 0 Å². The van der Waals surface area contributed by atoms with Crippen LogP contribution in [0.1, 0.15) is 28.0 Å². The van der Waals surface area contributed by atoms with Gasteiger partial charge in [-0.2, -0.15) is 0 Å². The predicted molar refractivity (Wildman–Crippen MR) is 102 cm³/mol. The molecule has 3 rings (SSSR count). The van der Waals surface area contributed by atoms with Crippen molar-refractivity contribution in [2.75, 3.05) is 33.4 Å². The van der Waals surface area contributed by atoms with Gasteiger partial charge in [-0.1, -0.05) is 6.07 Å². The molecule has 1 aromatic carbocycles. The maximum atomic E-state index is 12.6. The van der Waals surface area contributed by atoms with Gasteiger partial charge in [0.15, 0.2) is 0 Å². The lowest BCUT2D eigenvalue weighted by Crippen LogP contribution is -2.35. The Morgan fingerprint density at radius 2 is 2.11 bits per heavy atom. The van der Waals surface area contributed by atoms with Crippen LogP contribution in [-0.2, 0) is 22.6 Å². The van der Waals surface area contributed by atoms with E-state index in [0.29, 0.717) is 17.9 Å². The molecular formula is C19H23N3O4S. The fourth-order valence-electron chi connectivity index (χ4n) is 2.84. The van der Waals surface area contributed by atoms with E-state index in [1.54, 1.807) is 47.5 Å². The summed E-state index contributed by atoms with van der Waals surface area (Å²) < 4.78 is 10.4. The number of nitrogens with zero attached hydrogens (tertiary/aromatic N) is 3. The third-order valence-corrected chi connectivity index (χ3v) is 5.03. The first-order valence-electron chi connectivity index (χ1n) is 8.78. The van der Waals surface area contributed by atoms with E-state index in [4.69, 9.17) is 9.47 Å². The molecule has 0 radical (unpaired) electrons. The Hall–Kier alpha value is -2.29. The topological polar surface area (TPSA) is 72.0 Å². The highest BCUT2D eigenvalue weighted by molar-refractivity contribution is 7.09. The van der Waals surface area contributed by atoms with Crippen molar-refractivity contribution in [3.05, 3.63) is 45.9 Å². The largest absolute Gasteiger partial charge is 0.427 e. The minimum atomic E-state index is -0.414. The third kappa shape index (κ3) is 5.59. The first-order chi connectivity index (χ1) is 13.0. The molecule has 1 amide bonds. The monoisotopic (exact) mass is 389 g/mol. The Bertz CT molecular complexity index is 802. The number of thiazole rings is 1. The molecule has 0 N–H and O–H groups in total. The van der Waals surface area contributed by atoms with Crippen molar-refractivity contribution in [3.63, 3.8) is 0 Å². The molecule has 1 aliphatic heterocycles. The van der Waals surface area contributed by atoms with E-state index in [9.17, 15) is 9.59 Å². The van der Waals surface area contributed by atoms with Crippen LogP contribution >= 0.6 is 11.3 Å². The second-order valence-electron chi connectivity index (χ2n) is 6.40. The van der Waals surface area contributed by atoms with E-state index >= 15 is 0 Å². The molecule has 1 fully saturated rings. The fourth-order valence-corrected chi connectivity index (χ4v) is 3.66. The summed E-state index contributed by atoms with van der Waals surface area (Å²) in [7, 11) is 1.74. The zero-order valence-corrected chi connectivity index (χ0v) is 16.3. The molecule has 2 heterocycles. The van der Waals surface area contributed by atoms with Crippen LogP contribution in [0.3, 0.4) is 0 Å². The minimum absolute atomic E-state index is 0.147. The molecule has 7 nitrogen and oxygen atoms in total. The summed E-state index contributed by atoms with van der Waals surface area (Å²) in [4.78, 5) is 32.3. The van der Waals surface area contributed by atoms with Crippen LogP contribution in [-0.4, -0.2) is 60.0 Å². The van der Waals surface area contributed by atoms with Crippen molar-refractivity contribution >= 4 is 23.2 Å². The van der Waals surface area contributed by atoms with E-state index in [1.165, 1.54) is 6.92 Å². The first-order valence-corrected chi connectivity index (χ1v) is 9.66. The molecule has 1 aromatic heterocycles. The highest BCUT2D eigenvalue weighted by Gasteiger charge is 2.16. The van der Waals surface area contributed by atoms with Crippen molar-refractivity contribution in [3.8, 4) is 5.75 Å². The second-order valence-corrected chi connectivity index (χ2v) is 7.35. The molecule has 1 aliphatic rings. The van der Waals surface area contributed by atoms with E-state index in [0.717, 1.165) is 43.5 Å². The van der Waals surface area contributed by atoms with Crippen molar-refractivity contribution in [1.29, 1.82) is 0 Å². The molecule has 2 aromatic rings. The zero-order chi connectivity index (χ0) is 19.2. The molecule has 144 valence electrons. The number of carbonyl (C=O) groups excluding carboxylic acids is 2. The van der Waals surface area contributed by atoms with Crippen LogP contribution in [0.4, 0.5) is 0 Å². The van der Waals surface area contributed by atoms with Gasteiger partial charge in [0.1, 0.15) is 10.8 Å². The number of morpholine rings is 1. The summed E-state index contributed by atoms with van der Waals surface area (Å²) in [6, 6.07) is 6.63. The summed E-state index contributed by atoms with van der Waals surface area (Å²) in [6.45, 7) is 5.95. The van der Waals surface area contributed by atoms with E-state index in [1.807, 2.05) is 5.38 Å². The molecule has 0 unspecified atom stereocenters. The van der Waals surface area contributed by atoms with E-state index in [-0.39, 0.29) is 5.91 Å². The number of aromatic nitrogens is 1. The van der Waals surface area contributed by atoms with E-state index in [2.05, 4.69) is 9.88 Å². The minimum Gasteiger partial charge on any atom is -0.427 e. The van der Waals surface area contributed by atoms with Gasteiger partial charge in [-0.15, -0.1) is 11.3 Å². The number of ether oxygens (including phenoxy) is 2. The Labute approximate surface area is 162 Å². The Balaban J connectivity index is 1.59. The number of hydrogen-bond acceptors (Lipinski definition) is 7. The predicted octanol–water partition coefficient (Wildman–Crippen LogP) is 2.17. The highest BCUT2D eigenvalue weighted by atomic mass is 32.1. The van der Waals surface area contributed by atoms with Gasteiger partial charge in [0, 0.05) is 38.0 Å². The van der Waals surface area contributed by atoms with Gasteiger partial charge in [-0.3, -0.25) is 14.5 Å². The number of carbonyl (C=O) groups is 2. The van der Waals surface area contributed by atoms with Crippen LogP contribution in [0.2, 0.25) is 0 Å². The normalized spacial score (nSPS) is 14.7. The average molecular weight is 389 g/mol. The Morgan fingerprint density at radius 3 is 2.85 bits per heavy atom. The highest BCUT2D eigenvalue weighted by Crippen LogP contribution is 2.18. The SMILES string of the molecule is CC(=O)Oc1cccc(C(=O)N(C)Cc2csc(CN3CCOCC3)n2)c1. The van der Waals surface area contributed by atoms with Crippen molar-refractivity contribution in [1.82, 2.24) is 14.8 Å². The zero-order valence-electron chi connectivity index (χ0n) is 15.5. The average Bonchev–Trinajstić information content (AvgIpc) is 3.08. The molecule has 0 aliphatic carbocycles. The third-order valence-electron chi connectivity index (χ3n) is 4.15.